The molecule has 0 atom stereocenters. The van der Waals surface area contributed by atoms with Gasteiger partial charge in [0, 0.05) is 25.2 Å². The topological polar surface area (TPSA) is 71.8 Å². The van der Waals surface area contributed by atoms with E-state index in [2.05, 4.69) is 20.7 Å². The van der Waals surface area contributed by atoms with E-state index in [1.807, 2.05) is 13.1 Å². The van der Waals surface area contributed by atoms with E-state index in [9.17, 15) is 18.0 Å². The SMILES string of the molecule is Cn1nccc1Nc1nc2ccc(C(=O)NCc3cccc(C(F)(F)F)c3)cc2s1. The smallest absolute Gasteiger partial charge is 0.348 e. The zero-order valence-corrected chi connectivity index (χ0v) is 16.5. The molecule has 4 rings (SSSR count). The fraction of sp³-hybridized carbons (Fsp3) is 0.150. The van der Waals surface area contributed by atoms with Gasteiger partial charge >= 0.3 is 6.18 Å². The molecule has 0 saturated carbocycles. The molecule has 0 saturated heterocycles. The lowest BCUT2D eigenvalue weighted by Crippen LogP contribution is -2.22. The fourth-order valence-electron chi connectivity index (χ4n) is 2.87. The molecule has 0 fully saturated rings. The average molecular weight is 431 g/mol. The lowest BCUT2D eigenvalue weighted by atomic mass is 10.1. The van der Waals surface area contributed by atoms with Gasteiger partial charge in [-0.25, -0.2) is 4.98 Å². The highest BCUT2D eigenvalue weighted by atomic mass is 32.1. The maximum Gasteiger partial charge on any atom is 0.416 e. The minimum Gasteiger partial charge on any atom is -0.348 e. The number of aromatic nitrogens is 3. The summed E-state index contributed by atoms with van der Waals surface area (Å²) in [6.07, 6.45) is -2.75. The summed E-state index contributed by atoms with van der Waals surface area (Å²) in [4.78, 5) is 17.0. The number of hydrogen-bond donors (Lipinski definition) is 2. The Kier molecular flexibility index (Phi) is 5.17. The van der Waals surface area contributed by atoms with Gasteiger partial charge in [0.1, 0.15) is 5.82 Å². The highest BCUT2D eigenvalue weighted by Gasteiger charge is 2.30. The van der Waals surface area contributed by atoms with Crippen LogP contribution in [-0.2, 0) is 19.8 Å². The predicted molar refractivity (Wildman–Crippen MR) is 109 cm³/mol. The summed E-state index contributed by atoms with van der Waals surface area (Å²) < 4.78 is 41.0. The van der Waals surface area contributed by atoms with Crippen LogP contribution in [0, 0.1) is 0 Å². The second kappa shape index (κ2) is 7.79. The molecular weight excluding hydrogens is 415 g/mol. The molecule has 0 bridgehead atoms. The van der Waals surface area contributed by atoms with E-state index in [1.165, 1.54) is 23.5 Å². The maximum atomic E-state index is 12.8. The van der Waals surface area contributed by atoms with E-state index < -0.39 is 11.7 Å². The minimum atomic E-state index is -4.42. The average Bonchev–Trinajstić information content (AvgIpc) is 3.30. The van der Waals surface area contributed by atoms with Crippen LogP contribution in [0.5, 0.6) is 0 Å². The van der Waals surface area contributed by atoms with Crippen molar-refractivity contribution < 1.29 is 18.0 Å². The summed E-state index contributed by atoms with van der Waals surface area (Å²) in [6.45, 7) is -0.00320. The summed E-state index contributed by atoms with van der Waals surface area (Å²) in [5, 5.41) is 10.6. The van der Waals surface area contributed by atoms with Crippen molar-refractivity contribution >= 4 is 38.4 Å². The van der Waals surface area contributed by atoms with E-state index in [4.69, 9.17) is 0 Å². The zero-order chi connectivity index (χ0) is 21.3. The number of hydrogen-bond acceptors (Lipinski definition) is 5. The largest absolute Gasteiger partial charge is 0.416 e. The number of carbonyl (C=O) groups excluding carboxylic acids is 1. The molecule has 0 aliphatic rings. The van der Waals surface area contributed by atoms with Crippen molar-refractivity contribution in [3.8, 4) is 0 Å². The first-order chi connectivity index (χ1) is 14.3. The van der Waals surface area contributed by atoms with Gasteiger partial charge in [-0.3, -0.25) is 9.48 Å². The molecule has 4 aromatic rings. The van der Waals surface area contributed by atoms with Gasteiger partial charge < -0.3 is 10.6 Å². The van der Waals surface area contributed by atoms with Gasteiger partial charge in [0.2, 0.25) is 0 Å². The molecule has 6 nitrogen and oxygen atoms in total. The van der Waals surface area contributed by atoms with E-state index >= 15 is 0 Å². The standard InChI is InChI=1S/C20H16F3N5OS/c1-28-17(7-8-25-28)27-19-26-15-6-5-13(10-16(15)30-19)18(29)24-11-12-3-2-4-14(9-12)20(21,22)23/h2-10H,11H2,1H3,(H,24,29)(H,26,27). The van der Waals surface area contributed by atoms with Crippen molar-refractivity contribution in [1.82, 2.24) is 20.1 Å². The Morgan fingerprint density at radius 2 is 2.00 bits per heavy atom. The van der Waals surface area contributed by atoms with E-state index in [0.717, 1.165) is 28.2 Å². The molecular formula is C20H16F3N5OS. The molecule has 2 N–H and O–H groups in total. The third-order valence-corrected chi connectivity index (χ3v) is 5.35. The van der Waals surface area contributed by atoms with Crippen LogP contribution < -0.4 is 10.6 Å². The summed E-state index contributed by atoms with van der Waals surface area (Å²) in [5.74, 6) is 0.414. The number of amides is 1. The Morgan fingerprint density at radius 3 is 2.73 bits per heavy atom. The second-order valence-electron chi connectivity index (χ2n) is 6.55. The van der Waals surface area contributed by atoms with Crippen LogP contribution in [0.1, 0.15) is 21.5 Å². The minimum absolute atomic E-state index is 0.00320. The molecule has 2 aromatic carbocycles. The van der Waals surface area contributed by atoms with Gasteiger partial charge in [0.15, 0.2) is 5.13 Å². The Morgan fingerprint density at radius 1 is 1.17 bits per heavy atom. The van der Waals surface area contributed by atoms with Crippen LogP contribution in [0.3, 0.4) is 0 Å². The number of aryl methyl sites for hydroxylation is 1. The molecule has 0 aliphatic heterocycles. The Hall–Kier alpha value is -3.40. The first-order valence-electron chi connectivity index (χ1n) is 8.89. The third kappa shape index (κ3) is 4.28. The number of rotatable bonds is 5. The fourth-order valence-corrected chi connectivity index (χ4v) is 3.78. The highest BCUT2D eigenvalue weighted by Crippen LogP contribution is 2.30. The molecule has 0 spiro atoms. The monoisotopic (exact) mass is 431 g/mol. The van der Waals surface area contributed by atoms with Gasteiger partial charge in [-0.15, -0.1) is 0 Å². The lowest BCUT2D eigenvalue weighted by molar-refractivity contribution is -0.137. The first-order valence-corrected chi connectivity index (χ1v) is 9.71. The molecule has 30 heavy (non-hydrogen) atoms. The number of alkyl halides is 3. The summed E-state index contributed by atoms with van der Waals surface area (Å²) in [7, 11) is 1.81. The van der Waals surface area contributed by atoms with Crippen molar-refractivity contribution in [3.05, 3.63) is 71.4 Å². The number of nitrogens with zero attached hydrogens (tertiary/aromatic N) is 3. The summed E-state index contributed by atoms with van der Waals surface area (Å²) in [5.41, 5.74) is 0.776. The first kappa shape index (κ1) is 19.9. The molecule has 0 radical (unpaired) electrons. The third-order valence-electron chi connectivity index (χ3n) is 4.41. The Balaban J connectivity index is 1.46. The van der Waals surface area contributed by atoms with Gasteiger partial charge in [0.25, 0.3) is 5.91 Å². The summed E-state index contributed by atoms with van der Waals surface area (Å²) >= 11 is 1.39. The van der Waals surface area contributed by atoms with Crippen LogP contribution in [0.15, 0.2) is 54.7 Å². The lowest BCUT2D eigenvalue weighted by Gasteiger charge is -2.09. The van der Waals surface area contributed by atoms with Crippen LogP contribution in [0.2, 0.25) is 0 Å². The van der Waals surface area contributed by atoms with Crippen LogP contribution in [-0.4, -0.2) is 20.7 Å². The molecule has 154 valence electrons. The van der Waals surface area contributed by atoms with Gasteiger partial charge in [-0.2, -0.15) is 18.3 Å². The van der Waals surface area contributed by atoms with Gasteiger partial charge in [0.05, 0.1) is 22.0 Å². The second-order valence-corrected chi connectivity index (χ2v) is 7.58. The Bertz CT molecular complexity index is 1210. The number of thiazole rings is 1. The molecule has 1 amide bonds. The normalized spacial score (nSPS) is 11.6. The predicted octanol–water partition coefficient (Wildman–Crippen LogP) is 4.72. The number of anilines is 2. The number of benzene rings is 2. The van der Waals surface area contributed by atoms with Crippen molar-refractivity contribution in [3.63, 3.8) is 0 Å². The molecule has 2 heterocycles. The number of carbonyl (C=O) groups is 1. The van der Waals surface area contributed by atoms with Gasteiger partial charge in [-0.05, 0) is 35.9 Å². The van der Waals surface area contributed by atoms with Crippen LogP contribution in [0.4, 0.5) is 24.1 Å². The number of halogens is 3. The summed E-state index contributed by atoms with van der Waals surface area (Å²) in [6, 6.07) is 11.8. The van der Waals surface area contributed by atoms with Crippen molar-refractivity contribution in [1.29, 1.82) is 0 Å². The Labute approximate surface area is 173 Å². The zero-order valence-electron chi connectivity index (χ0n) is 15.7. The number of fused-ring (bicyclic) bond motifs is 1. The van der Waals surface area contributed by atoms with Crippen LogP contribution in [0.25, 0.3) is 10.2 Å². The van der Waals surface area contributed by atoms with Gasteiger partial charge in [-0.1, -0.05) is 23.5 Å². The van der Waals surface area contributed by atoms with E-state index in [-0.39, 0.29) is 12.5 Å². The molecule has 2 aromatic heterocycles. The molecule has 0 aliphatic carbocycles. The van der Waals surface area contributed by atoms with Crippen LogP contribution >= 0.6 is 11.3 Å². The number of nitrogens with one attached hydrogen (secondary N) is 2. The highest BCUT2D eigenvalue weighted by molar-refractivity contribution is 7.22. The van der Waals surface area contributed by atoms with Crippen molar-refractivity contribution in [2.24, 2.45) is 7.05 Å². The van der Waals surface area contributed by atoms with E-state index in [0.29, 0.717) is 16.3 Å². The maximum absolute atomic E-state index is 12.8. The van der Waals surface area contributed by atoms with E-state index in [1.54, 1.807) is 29.1 Å². The van der Waals surface area contributed by atoms with Crippen molar-refractivity contribution in [2.75, 3.05) is 5.32 Å². The molecule has 10 heteroatoms. The van der Waals surface area contributed by atoms with Crippen molar-refractivity contribution in [2.45, 2.75) is 12.7 Å². The quantitative estimate of drug-likeness (QED) is 0.480. The molecule has 0 unspecified atom stereocenters.